The van der Waals surface area contributed by atoms with Crippen molar-refractivity contribution in [3.63, 3.8) is 0 Å². The highest BCUT2D eigenvalue weighted by Gasteiger charge is 2.27. The second-order valence-electron chi connectivity index (χ2n) is 6.56. The molecule has 0 saturated carbocycles. The number of halogens is 1. The number of methoxy groups -OCH3 is 2. The number of amides is 1. The average Bonchev–Trinajstić information content (AvgIpc) is 2.81. The molecule has 0 aromatic heterocycles. The van der Waals surface area contributed by atoms with E-state index in [1.165, 1.54) is 26.4 Å². The van der Waals surface area contributed by atoms with E-state index in [-0.39, 0.29) is 23.6 Å². The van der Waals surface area contributed by atoms with Gasteiger partial charge < -0.3 is 19.5 Å². The number of benzene rings is 3. The Balaban J connectivity index is 1.82. The van der Waals surface area contributed by atoms with Gasteiger partial charge in [0, 0.05) is 19.2 Å². The Morgan fingerprint density at radius 3 is 2.39 bits per heavy atom. The lowest BCUT2D eigenvalue weighted by molar-refractivity contribution is -0.131. The third kappa shape index (κ3) is 5.18. The fourth-order valence-corrected chi connectivity index (χ4v) is 2.97. The molecule has 0 aliphatic heterocycles. The zero-order chi connectivity index (χ0) is 22.2. The summed E-state index contributed by atoms with van der Waals surface area (Å²) in [6.07, 6.45) is -1.19. The first-order chi connectivity index (χ1) is 15.1. The van der Waals surface area contributed by atoms with E-state index in [0.717, 1.165) is 5.56 Å². The van der Waals surface area contributed by atoms with Gasteiger partial charge >= 0.3 is 0 Å². The minimum Gasteiger partial charge on any atom is -0.493 e. The van der Waals surface area contributed by atoms with Crippen molar-refractivity contribution in [3.8, 4) is 23.3 Å². The van der Waals surface area contributed by atoms with Gasteiger partial charge in [0.05, 0.1) is 18.7 Å². The van der Waals surface area contributed by atoms with Crippen LogP contribution >= 0.6 is 0 Å². The van der Waals surface area contributed by atoms with Crippen molar-refractivity contribution in [2.24, 2.45) is 0 Å². The number of hydrogen-bond donors (Lipinski definition) is 1. The number of para-hydroxylation sites is 1. The highest BCUT2D eigenvalue weighted by molar-refractivity contribution is 5.82. The molecule has 3 aromatic carbocycles. The summed E-state index contributed by atoms with van der Waals surface area (Å²) in [6.45, 7) is 0.204. The van der Waals surface area contributed by atoms with Crippen LogP contribution in [0.15, 0.2) is 66.7 Å². The van der Waals surface area contributed by atoms with Gasteiger partial charge in [-0.3, -0.25) is 4.79 Å². The summed E-state index contributed by atoms with van der Waals surface area (Å²) in [5, 5.41) is 11.6. The Morgan fingerprint density at radius 1 is 1.06 bits per heavy atom. The molecule has 0 aliphatic rings. The highest BCUT2D eigenvalue weighted by Crippen LogP contribution is 2.38. The van der Waals surface area contributed by atoms with E-state index in [0.29, 0.717) is 11.3 Å². The molecule has 3 rings (SSSR count). The molecule has 1 unspecified atom stereocenters. The second-order valence-corrected chi connectivity index (χ2v) is 6.56. The Kier molecular flexibility index (Phi) is 7.20. The molecule has 0 saturated heterocycles. The van der Waals surface area contributed by atoms with Gasteiger partial charge in [0.1, 0.15) is 5.75 Å². The predicted octanol–water partition coefficient (Wildman–Crippen LogP) is 4.50. The maximum atomic E-state index is 15.4. The monoisotopic (exact) mass is 420 g/mol. The summed E-state index contributed by atoms with van der Waals surface area (Å²) >= 11 is 0. The van der Waals surface area contributed by atoms with Gasteiger partial charge in [0.15, 0.2) is 17.7 Å². The summed E-state index contributed by atoms with van der Waals surface area (Å²) in [5.74, 6) is -0.771. The van der Waals surface area contributed by atoms with Crippen molar-refractivity contribution in [1.29, 1.82) is 5.26 Å². The second kappa shape index (κ2) is 10.2. The molecule has 6 nitrogen and oxygen atoms in total. The first-order valence-electron chi connectivity index (χ1n) is 9.46. The minimum absolute atomic E-state index is 0.0200. The van der Waals surface area contributed by atoms with Crippen molar-refractivity contribution in [2.75, 3.05) is 14.2 Å². The molecule has 0 aliphatic carbocycles. The van der Waals surface area contributed by atoms with Crippen LogP contribution in [0.2, 0.25) is 0 Å². The topological polar surface area (TPSA) is 80.6 Å². The lowest BCUT2D eigenvalue weighted by atomic mass is 10.1. The summed E-state index contributed by atoms with van der Waals surface area (Å²) in [5.41, 5.74) is 1.34. The van der Waals surface area contributed by atoms with E-state index in [4.69, 9.17) is 19.5 Å². The number of nitrogens with zero attached hydrogens (tertiary/aromatic N) is 1. The van der Waals surface area contributed by atoms with Crippen LogP contribution in [0.3, 0.4) is 0 Å². The number of carbonyl (C=O) groups excluding carboxylic acids is 1. The van der Waals surface area contributed by atoms with Gasteiger partial charge in [0.25, 0.3) is 5.91 Å². The zero-order valence-corrected chi connectivity index (χ0v) is 17.1. The lowest BCUT2D eigenvalue weighted by Gasteiger charge is -2.19. The number of rotatable bonds is 8. The summed E-state index contributed by atoms with van der Waals surface area (Å²) in [4.78, 5) is 12.7. The van der Waals surface area contributed by atoms with Crippen molar-refractivity contribution >= 4 is 5.91 Å². The molecular formula is C24H21FN2O4. The Hall–Kier alpha value is -3.89. The molecule has 0 bridgehead atoms. The predicted molar refractivity (Wildman–Crippen MR) is 112 cm³/mol. The van der Waals surface area contributed by atoms with Crippen molar-refractivity contribution in [3.05, 3.63) is 89.2 Å². The van der Waals surface area contributed by atoms with E-state index >= 15 is 4.39 Å². The molecule has 158 valence electrons. The number of nitriles is 1. The van der Waals surface area contributed by atoms with Crippen LogP contribution in [0, 0.1) is 17.1 Å². The van der Waals surface area contributed by atoms with Crippen LogP contribution in [0.4, 0.5) is 4.39 Å². The third-order valence-electron chi connectivity index (χ3n) is 4.58. The number of carbonyl (C=O) groups is 1. The number of ether oxygens (including phenoxy) is 3. The SMILES string of the molecule is COc1ccc(C(OC)C(=O)NCc2ccc(C#N)cc2)c(F)c1Oc1ccccc1. The molecular weight excluding hydrogens is 399 g/mol. The largest absolute Gasteiger partial charge is 0.493 e. The van der Waals surface area contributed by atoms with Gasteiger partial charge in [-0.15, -0.1) is 0 Å². The van der Waals surface area contributed by atoms with E-state index in [9.17, 15) is 4.79 Å². The van der Waals surface area contributed by atoms with Crippen molar-refractivity contribution in [2.45, 2.75) is 12.6 Å². The maximum absolute atomic E-state index is 15.4. The van der Waals surface area contributed by atoms with Gasteiger partial charge in [-0.05, 0) is 42.0 Å². The van der Waals surface area contributed by atoms with Gasteiger partial charge in [0.2, 0.25) is 5.75 Å². The smallest absolute Gasteiger partial charge is 0.254 e. The van der Waals surface area contributed by atoms with E-state index in [1.807, 2.05) is 12.1 Å². The zero-order valence-electron chi connectivity index (χ0n) is 17.1. The molecule has 0 radical (unpaired) electrons. The maximum Gasteiger partial charge on any atom is 0.254 e. The van der Waals surface area contributed by atoms with Crippen LogP contribution < -0.4 is 14.8 Å². The quantitative estimate of drug-likeness (QED) is 0.580. The first-order valence-corrected chi connectivity index (χ1v) is 9.46. The van der Waals surface area contributed by atoms with E-state index < -0.39 is 17.8 Å². The standard InChI is InChI=1S/C24H21FN2O4/c1-29-20-13-12-19(21(25)23(20)31-18-6-4-3-5-7-18)22(30-2)24(28)27-15-17-10-8-16(14-26)9-11-17/h3-13,22H,15H2,1-2H3,(H,27,28). The van der Waals surface area contributed by atoms with Gasteiger partial charge in [-0.1, -0.05) is 30.3 Å². The molecule has 3 aromatic rings. The molecule has 1 N–H and O–H groups in total. The van der Waals surface area contributed by atoms with Crippen LogP contribution in [0.5, 0.6) is 17.2 Å². The molecule has 1 atom stereocenters. The van der Waals surface area contributed by atoms with Crippen LogP contribution in [0.25, 0.3) is 0 Å². The summed E-state index contributed by atoms with van der Waals surface area (Å²) < 4.78 is 31.6. The normalized spacial score (nSPS) is 11.3. The van der Waals surface area contributed by atoms with Crippen LogP contribution in [-0.4, -0.2) is 20.1 Å². The third-order valence-corrected chi connectivity index (χ3v) is 4.58. The minimum atomic E-state index is -1.19. The van der Waals surface area contributed by atoms with Gasteiger partial charge in [-0.2, -0.15) is 5.26 Å². The summed E-state index contributed by atoms with van der Waals surface area (Å²) in [7, 11) is 2.73. The fourth-order valence-electron chi connectivity index (χ4n) is 2.97. The Bertz CT molecular complexity index is 1080. The van der Waals surface area contributed by atoms with Crippen LogP contribution in [0.1, 0.15) is 22.8 Å². The Labute approximate surface area is 179 Å². The van der Waals surface area contributed by atoms with Crippen LogP contribution in [-0.2, 0) is 16.1 Å². The molecule has 1 amide bonds. The van der Waals surface area contributed by atoms with E-state index in [2.05, 4.69) is 5.32 Å². The molecule has 0 spiro atoms. The van der Waals surface area contributed by atoms with Crippen molar-refractivity contribution < 1.29 is 23.4 Å². The molecule has 31 heavy (non-hydrogen) atoms. The molecule has 0 heterocycles. The lowest BCUT2D eigenvalue weighted by Crippen LogP contribution is -2.30. The molecule has 0 fully saturated rings. The first kappa shape index (κ1) is 21.8. The number of hydrogen-bond acceptors (Lipinski definition) is 5. The summed E-state index contributed by atoms with van der Waals surface area (Å²) in [6, 6.07) is 20.5. The molecule has 7 heteroatoms. The average molecular weight is 420 g/mol. The fraction of sp³-hybridized carbons (Fsp3) is 0.167. The van der Waals surface area contributed by atoms with Gasteiger partial charge in [-0.25, -0.2) is 4.39 Å². The number of nitrogens with one attached hydrogen (secondary N) is 1. The highest BCUT2D eigenvalue weighted by atomic mass is 19.1. The van der Waals surface area contributed by atoms with E-state index in [1.54, 1.807) is 48.5 Å². The Morgan fingerprint density at radius 2 is 1.77 bits per heavy atom. The van der Waals surface area contributed by atoms with Crippen molar-refractivity contribution in [1.82, 2.24) is 5.32 Å².